The lowest BCUT2D eigenvalue weighted by Gasteiger charge is -2.12. The Bertz CT molecular complexity index is 456. The van der Waals surface area contributed by atoms with E-state index < -0.39 is 17.9 Å². The summed E-state index contributed by atoms with van der Waals surface area (Å²) < 4.78 is 5.36. The zero-order chi connectivity index (χ0) is 13.7. The first kappa shape index (κ1) is 14.0. The zero-order valence-corrected chi connectivity index (χ0v) is 10.7. The highest BCUT2D eigenvalue weighted by Gasteiger charge is 2.14. The highest BCUT2D eigenvalue weighted by Crippen LogP contribution is 2.18. The van der Waals surface area contributed by atoms with Crippen molar-refractivity contribution in [2.24, 2.45) is 0 Å². The van der Waals surface area contributed by atoms with Crippen LogP contribution in [0.15, 0.2) is 18.2 Å². The monoisotopic (exact) mass is 251 g/mol. The minimum absolute atomic E-state index is 0.193. The third-order valence-corrected chi connectivity index (χ3v) is 2.45. The lowest BCUT2D eigenvalue weighted by atomic mass is 10.1. The van der Waals surface area contributed by atoms with Crippen molar-refractivity contribution in [1.82, 2.24) is 5.32 Å². The van der Waals surface area contributed by atoms with Gasteiger partial charge in [0.05, 0.1) is 0 Å². The van der Waals surface area contributed by atoms with E-state index in [1.807, 2.05) is 32.0 Å². The summed E-state index contributed by atoms with van der Waals surface area (Å²) in [6.45, 7) is 5.02. The average molecular weight is 251 g/mol. The van der Waals surface area contributed by atoms with Gasteiger partial charge in [0.2, 0.25) is 0 Å². The van der Waals surface area contributed by atoms with Crippen LogP contribution in [0.1, 0.15) is 18.1 Å². The Hall–Kier alpha value is -2.04. The summed E-state index contributed by atoms with van der Waals surface area (Å²) in [4.78, 5) is 22.0. The number of aryl methyl sites for hydroxylation is 2. The first-order valence-electron chi connectivity index (χ1n) is 5.62. The van der Waals surface area contributed by atoms with Crippen molar-refractivity contribution >= 4 is 11.9 Å². The molecule has 0 bridgehead atoms. The molecule has 0 spiro atoms. The van der Waals surface area contributed by atoms with Crippen molar-refractivity contribution in [3.05, 3.63) is 29.3 Å². The molecule has 0 saturated carbocycles. The van der Waals surface area contributed by atoms with Gasteiger partial charge in [0, 0.05) is 0 Å². The van der Waals surface area contributed by atoms with Crippen LogP contribution >= 0.6 is 0 Å². The lowest BCUT2D eigenvalue weighted by molar-refractivity contribution is -0.141. The molecule has 0 aliphatic heterocycles. The van der Waals surface area contributed by atoms with Gasteiger partial charge in [-0.3, -0.25) is 9.59 Å². The topological polar surface area (TPSA) is 75.6 Å². The van der Waals surface area contributed by atoms with Crippen LogP contribution in [0.3, 0.4) is 0 Å². The van der Waals surface area contributed by atoms with E-state index in [9.17, 15) is 9.59 Å². The van der Waals surface area contributed by atoms with E-state index in [4.69, 9.17) is 9.84 Å². The second kappa shape index (κ2) is 6.05. The van der Waals surface area contributed by atoms with Crippen molar-refractivity contribution in [3.8, 4) is 5.75 Å². The van der Waals surface area contributed by atoms with Gasteiger partial charge in [-0.2, -0.15) is 0 Å². The Morgan fingerprint density at radius 1 is 1.39 bits per heavy atom. The summed E-state index contributed by atoms with van der Waals surface area (Å²) in [7, 11) is 0. The summed E-state index contributed by atoms with van der Waals surface area (Å²) in [5, 5.41) is 11.0. The molecule has 0 aromatic heterocycles. The Morgan fingerprint density at radius 3 is 2.67 bits per heavy atom. The number of benzene rings is 1. The Morgan fingerprint density at radius 2 is 2.06 bits per heavy atom. The van der Waals surface area contributed by atoms with Gasteiger partial charge in [-0.15, -0.1) is 0 Å². The highest BCUT2D eigenvalue weighted by atomic mass is 16.5. The van der Waals surface area contributed by atoms with E-state index in [1.54, 1.807) is 0 Å². The van der Waals surface area contributed by atoms with E-state index >= 15 is 0 Å². The molecule has 0 heterocycles. The smallest absolute Gasteiger partial charge is 0.325 e. The predicted molar refractivity (Wildman–Crippen MR) is 66.7 cm³/mol. The summed E-state index contributed by atoms with van der Waals surface area (Å²) in [5.74, 6) is -0.894. The third-order valence-electron chi connectivity index (χ3n) is 2.45. The maximum absolute atomic E-state index is 11.4. The molecule has 0 aliphatic carbocycles. The number of carbonyl (C=O) groups is 2. The van der Waals surface area contributed by atoms with Crippen LogP contribution in [0.25, 0.3) is 0 Å². The van der Waals surface area contributed by atoms with Crippen LogP contribution < -0.4 is 10.1 Å². The number of carboxylic acids is 1. The summed E-state index contributed by atoms with van der Waals surface area (Å²) in [5.41, 5.74) is 1.97. The van der Waals surface area contributed by atoms with E-state index in [0.717, 1.165) is 11.1 Å². The summed E-state index contributed by atoms with van der Waals surface area (Å²) in [6.07, 6.45) is 0. The molecule has 1 aromatic rings. The maximum atomic E-state index is 11.4. The third kappa shape index (κ3) is 4.08. The number of carbonyl (C=O) groups excluding carboxylic acids is 1. The number of rotatable bonds is 5. The first-order valence-corrected chi connectivity index (χ1v) is 5.62. The number of hydrogen-bond donors (Lipinski definition) is 2. The first-order chi connectivity index (χ1) is 8.40. The number of ether oxygens (including phenoxy) is 1. The van der Waals surface area contributed by atoms with Crippen molar-refractivity contribution in [3.63, 3.8) is 0 Å². The molecule has 1 aromatic carbocycles. The van der Waals surface area contributed by atoms with Gasteiger partial charge in [-0.25, -0.2) is 0 Å². The fraction of sp³-hybridized carbons (Fsp3) is 0.385. The minimum Gasteiger partial charge on any atom is -0.483 e. The second-order valence-electron chi connectivity index (χ2n) is 4.19. The Labute approximate surface area is 106 Å². The quantitative estimate of drug-likeness (QED) is 0.826. The molecule has 1 atom stereocenters. The van der Waals surface area contributed by atoms with Crippen molar-refractivity contribution in [2.45, 2.75) is 26.8 Å². The van der Waals surface area contributed by atoms with E-state index in [0.29, 0.717) is 5.75 Å². The zero-order valence-electron chi connectivity index (χ0n) is 10.7. The van der Waals surface area contributed by atoms with Crippen LogP contribution in [-0.4, -0.2) is 29.6 Å². The van der Waals surface area contributed by atoms with Crippen LogP contribution in [0.2, 0.25) is 0 Å². The van der Waals surface area contributed by atoms with Gasteiger partial charge in [-0.1, -0.05) is 12.1 Å². The molecule has 0 aliphatic rings. The molecule has 18 heavy (non-hydrogen) atoms. The summed E-state index contributed by atoms with van der Waals surface area (Å²) >= 11 is 0. The molecule has 98 valence electrons. The van der Waals surface area contributed by atoms with Crippen molar-refractivity contribution in [2.75, 3.05) is 6.61 Å². The molecule has 1 rings (SSSR count). The number of nitrogens with one attached hydrogen (secondary N) is 1. The molecule has 5 nitrogen and oxygen atoms in total. The van der Waals surface area contributed by atoms with Crippen LogP contribution in [0.5, 0.6) is 5.75 Å². The van der Waals surface area contributed by atoms with E-state index in [2.05, 4.69) is 5.32 Å². The van der Waals surface area contributed by atoms with Crippen LogP contribution in [-0.2, 0) is 9.59 Å². The fourth-order valence-electron chi connectivity index (χ4n) is 1.35. The minimum atomic E-state index is -1.07. The molecular formula is C13H17NO4. The van der Waals surface area contributed by atoms with Gasteiger partial charge in [0.15, 0.2) is 6.61 Å². The number of aliphatic carboxylic acids is 1. The Kier molecular flexibility index (Phi) is 4.71. The van der Waals surface area contributed by atoms with Gasteiger partial charge >= 0.3 is 5.97 Å². The van der Waals surface area contributed by atoms with Gasteiger partial charge in [0.25, 0.3) is 5.91 Å². The summed E-state index contributed by atoms with van der Waals surface area (Å²) in [6, 6.07) is 4.78. The van der Waals surface area contributed by atoms with Gasteiger partial charge < -0.3 is 15.2 Å². The van der Waals surface area contributed by atoms with Crippen LogP contribution in [0.4, 0.5) is 0 Å². The predicted octanol–water partition coefficient (Wildman–Crippen LogP) is 1.27. The van der Waals surface area contributed by atoms with Gasteiger partial charge in [-0.05, 0) is 38.0 Å². The molecule has 0 fully saturated rings. The molecule has 1 amide bonds. The molecule has 5 heteroatoms. The van der Waals surface area contributed by atoms with Crippen molar-refractivity contribution in [1.29, 1.82) is 0 Å². The average Bonchev–Trinajstić information content (AvgIpc) is 2.30. The molecule has 0 unspecified atom stereocenters. The maximum Gasteiger partial charge on any atom is 0.325 e. The SMILES string of the molecule is Cc1ccc(C)c(OCC(=O)N[C@H](C)C(=O)O)c1. The lowest BCUT2D eigenvalue weighted by Crippen LogP contribution is -2.40. The molecule has 0 saturated heterocycles. The van der Waals surface area contributed by atoms with Crippen LogP contribution in [0, 0.1) is 13.8 Å². The van der Waals surface area contributed by atoms with E-state index in [1.165, 1.54) is 6.92 Å². The number of amides is 1. The number of carboxylic acid groups (broad SMARTS) is 1. The van der Waals surface area contributed by atoms with Gasteiger partial charge in [0.1, 0.15) is 11.8 Å². The second-order valence-corrected chi connectivity index (χ2v) is 4.19. The number of hydrogen-bond acceptors (Lipinski definition) is 3. The molecule has 2 N–H and O–H groups in total. The normalized spacial score (nSPS) is 11.7. The van der Waals surface area contributed by atoms with E-state index in [-0.39, 0.29) is 6.61 Å². The highest BCUT2D eigenvalue weighted by molar-refractivity contribution is 5.84. The largest absolute Gasteiger partial charge is 0.483 e. The van der Waals surface area contributed by atoms with Crippen molar-refractivity contribution < 1.29 is 19.4 Å². The molecule has 0 radical (unpaired) electrons. The fourth-order valence-corrected chi connectivity index (χ4v) is 1.35. The standard InChI is InChI=1S/C13H17NO4/c1-8-4-5-9(2)11(6-8)18-7-12(15)14-10(3)13(16)17/h4-6,10H,7H2,1-3H3,(H,14,15)(H,16,17)/t10-/m1/s1. The molecular weight excluding hydrogens is 234 g/mol. The Balaban J connectivity index is 2.52.